The lowest BCUT2D eigenvalue weighted by atomic mass is 9.98. The van der Waals surface area contributed by atoms with Crippen LogP contribution in [0.1, 0.15) is 36.6 Å². The fourth-order valence-electron chi connectivity index (χ4n) is 5.64. The number of imidazole rings is 1. The Bertz CT molecular complexity index is 1570. The van der Waals surface area contributed by atoms with Gasteiger partial charge in [-0.1, -0.05) is 12.1 Å². The molecule has 9 nitrogen and oxygen atoms in total. The number of nitrogens with zero attached hydrogens (tertiary/aromatic N) is 6. The summed E-state index contributed by atoms with van der Waals surface area (Å²) in [5.74, 6) is 0.988. The third-order valence-corrected chi connectivity index (χ3v) is 7.90. The number of amides is 1. The highest BCUT2D eigenvalue weighted by atomic mass is 16.5. The van der Waals surface area contributed by atoms with E-state index in [1.807, 2.05) is 30.2 Å². The van der Waals surface area contributed by atoms with Crippen molar-refractivity contribution in [1.82, 2.24) is 19.5 Å². The Morgan fingerprint density at radius 3 is 2.79 bits per heavy atom. The molecule has 2 aliphatic rings. The molecule has 0 spiro atoms. The van der Waals surface area contributed by atoms with Crippen molar-refractivity contribution < 1.29 is 9.53 Å². The van der Waals surface area contributed by atoms with Crippen LogP contribution in [0, 0.1) is 24.2 Å². The van der Waals surface area contributed by atoms with Gasteiger partial charge in [-0.3, -0.25) is 4.79 Å². The summed E-state index contributed by atoms with van der Waals surface area (Å²) in [4.78, 5) is 21.7. The van der Waals surface area contributed by atoms with E-state index in [0.717, 1.165) is 45.6 Å². The molecule has 38 heavy (non-hydrogen) atoms. The van der Waals surface area contributed by atoms with Gasteiger partial charge in [0.2, 0.25) is 5.91 Å². The summed E-state index contributed by atoms with van der Waals surface area (Å²) in [5.41, 5.74) is 4.61. The number of hydrogen-bond acceptors (Lipinski definition) is 7. The Hall–Kier alpha value is -4.16. The molecule has 4 heterocycles. The molecule has 0 aliphatic carbocycles. The van der Waals surface area contributed by atoms with Crippen molar-refractivity contribution in [2.45, 2.75) is 32.9 Å². The number of nitriles is 1. The number of anilines is 2. The van der Waals surface area contributed by atoms with E-state index in [0.29, 0.717) is 31.9 Å². The summed E-state index contributed by atoms with van der Waals surface area (Å²) in [6.45, 7) is 9.49. The van der Waals surface area contributed by atoms with Crippen LogP contribution in [0.15, 0.2) is 48.8 Å². The van der Waals surface area contributed by atoms with Crippen LogP contribution in [0.2, 0.25) is 0 Å². The Morgan fingerprint density at radius 2 is 2.05 bits per heavy atom. The van der Waals surface area contributed by atoms with E-state index >= 15 is 0 Å². The molecular weight excluding hydrogens is 478 g/mol. The summed E-state index contributed by atoms with van der Waals surface area (Å²) < 4.78 is 7.02. The number of nitrogens with one attached hydrogen (secondary N) is 1. The standard InChI is InChI=1S/C29H31N7O2/c1-18-15-34(29(37)22-16-38-17-22)11-12-35(18)23-7-8-25-26(13-23)27(33-36-10-9-31-28(25)36)32-20(3)24-6-4-5-21(14-30)19(24)2/h4-10,13,18,20,22H,11-12,15-17H2,1-3H3,(H,32,33). The normalized spacial score (nSPS) is 18.8. The van der Waals surface area contributed by atoms with Gasteiger partial charge in [0.1, 0.15) is 0 Å². The quantitative estimate of drug-likeness (QED) is 0.435. The minimum Gasteiger partial charge on any atom is -0.380 e. The van der Waals surface area contributed by atoms with Crippen LogP contribution in [0.3, 0.4) is 0 Å². The zero-order valence-electron chi connectivity index (χ0n) is 21.9. The molecule has 1 amide bonds. The third kappa shape index (κ3) is 4.11. The molecule has 2 fully saturated rings. The fraction of sp³-hybridized carbons (Fsp3) is 0.379. The SMILES string of the molecule is Cc1c(C#N)cccc1C(C)Nc1nn2ccnc2c2ccc(N3CCN(C(=O)C4COC4)CC3C)cc12. The van der Waals surface area contributed by atoms with Gasteiger partial charge in [0, 0.05) is 54.5 Å². The van der Waals surface area contributed by atoms with Gasteiger partial charge in [0.15, 0.2) is 11.5 Å². The van der Waals surface area contributed by atoms with E-state index in [4.69, 9.17) is 9.84 Å². The predicted octanol–water partition coefficient (Wildman–Crippen LogP) is 3.92. The Labute approximate surface area is 221 Å². The maximum absolute atomic E-state index is 12.8. The Balaban J connectivity index is 1.33. The summed E-state index contributed by atoms with van der Waals surface area (Å²) in [5, 5.41) is 20.0. The molecule has 0 saturated carbocycles. The average molecular weight is 510 g/mol. The molecule has 2 aromatic heterocycles. The fourth-order valence-corrected chi connectivity index (χ4v) is 5.64. The first-order valence-electron chi connectivity index (χ1n) is 13.1. The van der Waals surface area contributed by atoms with Crippen molar-refractivity contribution in [3.63, 3.8) is 0 Å². The smallest absolute Gasteiger partial charge is 0.230 e. The summed E-state index contributed by atoms with van der Waals surface area (Å²) in [6.07, 6.45) is 3.61. The highest BCUT2D eigenvalue weighted by Gasteiger charge is 2.34. The molecule has 0 bridgehead atoms. The van der Waals surface area contributed by atoms with E-state index in [2.05, 4.69) is 59.4 Å². The van der Waals surface area contributed by atoms with Gasteiger partial charge in [-0.2, -0.15) is 5.26 Å². The van der Waals surface area contributed by atoms with Crippen molar-refractivity contribution >= 4 is 33.8 Å². The lowest BCUT2D eigenvalue weighted by molar-refractivity contribution is -0.150. The molecule has 4 aromatic rings. The van der Waals surface area contributed by atoms with Gasteiger partial charge >= 0.3 is 0 Å². The number of hydrogen-bond donors (Lipinski definition) is 1. The third-order valence-electron chi connectivity index (χ3n) is 7.90. The maximum atomic E-state index is 12.8. The summed E-state index contributed by atoms with van der Waals surface area (Å²) in [7, 11) is 0. The number of carbonyl (C=O) groups is 1. The van der Waals surface area contributed by atoms with Crippen molar-refractivity contribution in [3.8, 4) is 6.07 Å². The first-order chi connectivity index (χ1) is 18.4. The van der Waals surface area contributed by atoms with Crippen LogP contribution >= 0.6 is 0 Å². The highest BCUT2D eigenvalue weighted by molar-refractivity contribution is 6.01. The van der Waals surface area contributed by atoms with Crippen LogP contribution in [-0.2, 0) is 9.53 Å². The predicted molar refractivity (Wildman–Crippen MR) is 146 cm³/mol. The van der Waals surface area contributed by atoms with Gasteiger partial charge in [-0.25, -0.2) is 9.50 Å². The lowest BCUT2D eigenvalue weighted by Gasteiger charge is -2.43. The van der Waals surface area contributed by atoms with Crippen molar-refractivity contribution in [3.05, 3.63) is 65.5 Å². The number of piperazine rings is 1. The number of fused-ring (bicyclic) bond motifs is 3. The zero-order chi connectivity index (χ0) is 26.4. The topological polar surface area (TPSA) is 98.8 Å². The molecule has 9 heteroatoms. The molecule has 2 aromatic carbocycles. The van der Waals surface area contributed by atoms with Gasteiger partial charge in [-0.05, 0) is 56.2 Å². The second-order valence-corrected chi connectivity index (χ2v) is 10.3. The Kier molecular flexibility index (Phi) is 6.12. The largest absolute Gasteiger partial charge is 0.380 e. The number of benzene rings is 2. The first kappa shape index (κ1) is 24.2. The van der Waals surface area contributed by atoms with E-state index in [1.165, 1.54) is 0 Å². The molecule has 1 N–H and O–H groups in total. The molecular formula is C29H31N7O2. The number of aromatic nitrogens is 3. The van der Waals surface area contributed by atoms with E-state index in [9.17, 15) is 10.1 Å². The first-order valence-corrected chi connectivity index (χ1v) is 13.1. The zero-order valence-corrected chi connectivity index (χ0v) is 21.9. The number of rotatable bonds is 5. The van der Waals surface area contributed by atoms with Crippen molar-refractivity contribution in [2.24, 2.45) is 5.92 Å². The molecule has 2 aliphatic heterocycles. The Morgan fingerprint density at radius 1 is 1.21 bits per heavy atom. The van der Waals surface area contributed by atoms with E-state index < -0.39 is 0 Å². The molecule has 2 saturated heterocycles. The average Bonchev–Trinajstić information content (AvgIpc) is 3.36. The maximum Gasteiger partial charge on any atom is 0.230 e. The molecule has 6 rings (SSSR count). The van der Waals surface area contributed by atoms with Crippen LogP contribution in [0.5, 0.6) is 0 Å². The van der Waals surface area contributed by atoms with Crippen LogP contribution in [0.25, 0.3) is 16.4 Å². The molecule has 194 valence electrons. The molecule has 2 unspecified atom stereocenters. The van der Waals surface area contributed by atoms with Gasteiger partial charge in [0.05, 0.1) is 36.8 Å². The van der Waals surface area contributed by atoms with Crippen LogP contribution in [-0.4, -0.2) is 64.3 Å². The van der Waals surface area contributed by atoms with Crippen LogP contribution in [0.4, 0.5) is 11.5 Å². The molecule has 0 radical (unpaired) electrons. The second kappa shape index (κ2) is 9.62. The summed E-state index contributed by atoms with van der Waals surface area (Å²) >= 11 is 0. The monoisotopic (exact) mass is 509 g/mol. The van der Waals surface area contributed by atoms with Gasteiger partial charge < -0.3 is 19.9 Å². The van der Waals surface area contributed by atoms with Gasteiger partial charge in [-0.15, -0.1) is 5.10 Å². The van der Waals surface area contributed by atoms with Crippen molar-refractivity contribution in [1.29, 1.82) is 5.26 Å². The lowest BCUT2D eigenvalue weighted by Crippen LogP contribution is -2.56. The van der Waals surface area contributed by atoms with Gasteiger partial charge in [0.25, 0.3) is 0 Å². The van der Waals surface area contributed by atoms with Crippen LogP contribution < -0.4 is 10.2 Å². The second-order valence-electron chi connectivity index (χ2n) is 10.3. The highest BCUT2D eigenvalue weighted by Crippen LogP contribution is 2.33. The van der Waals surface area contributed by atoms with E-state index in [1.54, 1.807) is 10.7 Å². The minimum atomic E-state index is -0.0624. The molecule has 2 atom stereocenters. The van der Waals surface area contributed by atoms with E-state index in [-0.39, 0.29) is 23.9 Å². The minimum absolute atomic E-state index is 0.0190. The van der Waals surface area contributed by atoms with Crippen molar-refractivity contribution in [2.75, 3.05) is 43.1 Å². The number of carbonyl (C=O) groups excluding carboxylic acids is 1. The summed E-state index contributed by atoms with van der Waals surface area (Å²) in [6, 6.07) is 14.6. The number of ether oxygens (including phenoxy) is 1.